The average molecular weight is 357 g/mol. The fourth-order valence-electron chi connectivity index (χ4n) is 2.56. The zero-order valence-electron chi connectivity index (χ0n) is 13.2. The van der Waals surface area contributed by atoms with Gasteiger partial charge in [0.2, 0.25) is 10.0 Å². The van der Waals surface area contributed by atoms with Crippen LogP contribution in [0.15, 0.2) is 43.1 Å². The first kappa shape index (κ1) is 16.3. The Morgan fingerprint density at radius 3 is 2.67 bits per heavy atom. The molecule has 0 amide bonds. The molecule has 0 bridgehead atoms. The fourth-order valence-corrected chi connectivity index (χ4v) is 3.94. The van der Waals surface area contributed by atoms with Crippen LogP contribution < -0.4 is 4.72 Å². The van der Waals surface area contributed by atoms with Gasteiger partial charge in [0.25, 0.3) is 0 Å². The van der Waals surface area contributed by atoms with Crippen molar-refractivity contribution in [3.05, 3.63) is 48.0 Å². The Morgan fingerprint density at radius 1 is 1.33 bits per heavy atom. The summed E-state index contributed by atoms with van der Waals surface area (Å²) in [5.41, 5.74) is 3.17. The molecule has 24 heavy (non-hydrogen) atoms. The first-order valence-corrected chi connectivity index (χ1v) is 9.78. The van der Waals surface area contributed by atoms with Gasteiger partial charge < -0.3 is 4.57 Å². The highest BCUT2D eigenvalue weighted by molar-refractivity contribution is 7.92. The number of benzene rings is 1. The van der Waals surface area contributed by atoms with Crippen molar-refractivity contribution in [1.82, 2.24) is 4.57 Å². The van der Waals surface area contributed by atoms with E-state index < -0.39 is 10.0 Å². The van der Waals surface area contributed by atoms with E-state index in [1.165, 1.54) is 11.3 Å². The van der Waals surface area contributed by atoms with Crippen molar-refractivity contribution in [2.45, 2.75) is 6.92 Å². The lowest BCUT2D eigenvalue weighted by Gasteiger charge is -2.07. The summed E-state index contributed by atoms with van der Waals surface area (Å²) in [6.07, 6.45) is 3.08. The van der Waals surface area contributed by atoms with Gasteiger partial charge >= 0.3 is 0 Å². The van der Waals surface area contributed by atoms with Crippen LogP contribution >= 0.6 is 11.3 Å². The Morgan fingerprint density at radius 2 is 2.08 bits per heavy atom. The van der Waals surface area contributed by atoms with Gasteiger partial charge in [0.05, 0.1) is 17.5 Å². The predicted octanol–water partition coefficient (Wildman–Crippen LogP) is 4.10. The molecular formula is C17H15N3O2S2. The van der Waals surface area contributed by atoms with E-state index in [1.54, 1.807) is 18.2 Å². The van der Waals surface area contributed by atoms with Crippen LogP contribution in [0.1, 0.15) is 11.8 Å². The molecule has 0 unspecified atom stereocenters. The molecule has 7 heteroatoms. The molecule has 0 radical (unpaired) electrons. The summed E-state index contributed by atoms with van der Waals surface area (Å²) in [4.78, 5) is 1.64. The van der Waals surface area contributed by atoms with Crippen LogP contribution in [-0.2, 0) is 10.0 Å². The van der Waals surface area contributed by atoms with Gasteiger partial charge in [-0.1, -0.05) is 12.6 Å². The lowest BCUT2D eigenvalue weighted by atomic mass is 10.1. The SMILES string of the molecule is C=C(C)n1cc(-c2ccc(C#N)s2)c2ccc(NS(C)(=O)=O)cc21. The third kappa shape index (κ3) is 3.07. The summed E-state index contributed by atoms with van der Waals surface area (Å²) in [5, 5.41) is 10.0. The maximum Gasteiger partial charge on any atom is 0.229 e. The highest BCUT2D eigenvalue weighted by Gasteiger charge is 2.14. The van der Waals surface area contributed by atoms with E-state index in [-0.39, 0.29) is 0 Å². The molecule has 5 nitrogen and oxygen atoms in total. The van der Waals surface area contributed by atoms with Crippen LogP contribution in [0.25, 0.3) is 27.0 Å². The molecule has 3 rings (SSSR count). The minimum absolute atomic E-state index is 0.501. The Balaban J connectivity index is 2.22. The van der Waals surface area contributed by atoms with Gasteiger partial charge in [-0.2, -0.15) is 5.26 Å². The number of hydrogen-bond donors (Lipinski definition) is 1. The Hall–Kier alpha value is -2.56. The number of anilines is 1. The maximum absolute atomic E-state index is 11.5. The largest absolute Gasteiger partial charge is 0.320 e. The molecule has 0 saturated heterocycles. The quantitative estimate of drug-likeness (QED) is 0.764. The topological polar surface area (TPSA) is 74.9 Å². The molecule has 122 valence electrons. The van der Waals surface area contributed by atoms with Gasteiger partial charge in [0, 0.05) is 27.7 Å². The monoisotopic (exact) mass is 357 g/mol. The second-order valence-electron chi connectivity index (χ2n) is 5.53. The number of hydrogen-bond acceptors (Lipinski definition) is 4. The van der Waals surface area contributed by atoms with Crippen LogP contribution in [0.3, 0.4) is 0 Å². The fraction of sp³-hybridized carbons (Fsp3) is 0.118. The van der Waals surface area contributed by atoms with Crippen LogP contribution in [0.2, 0.25) is 0 Å². The van der Waals surface area contributed by atoms with Crippen LogP contribution in [0, 0.1) is 11.3 Å². The number of sulfonamides is 1. The van der Waals surface area contributed by atoms with E-state index in [0.29, 0.717) is 10.6 Å². The van der Waals surface area contributed by atoms with E-state index in [0.717, 1.165) is 33.3 Å². The van der Waals surface area contributed by atoms with E-state index in [2.05, 4.69) is 17.4 Å². The Kier molecular flexibility index (Phi) is 3.95. The number of rotatable bonds is 4. The number of allylic oxidation sites excluding steroid dienone is 1. The number of fused-ring (bicyclic) bond motifs is 1. The minimum atomic E-state index is -3.34. The normalized spacial score (nSPS) is 11.4. The number of nitrogens with zero attached hydrogens (tertiary/aromatic N) is 2. The van der Waals surface area contributed by atoms with Crippen molar-refractivity contribution in [3.63, 3.8) is 0 Å². The van der Waals surface area contributed by atoms with Crippen LogP contribution in [0.5, 0.6) is 0 Å². The molecule has 2 aromatic heterocycles. The molecule has 1 N–H and O–H groups in total. The smallest absolute Gasteiger partial charge is 0.229 e. The van der Waals surface area contributed by atoms with Gasteiger partial charge in [0.15, 0.2) is 0 Å². The van der Waals surface area contributed by atoms with Crippen molar-refractivity contribution < 1.29 is 8.42 Å². The maximum atomic E-state index is 11.5. The van der Waals surface area contributed by atoms with E-state index >= 15 is 0 Å². The second kappa shape index (κ2) is 5.82. The van der Waals surface area contributed by atoms with Crippen LogP contribution in [0.4, 0.5) is 5.69 Å². The molecular weight excluding hydrogens is 342 g/mol. The number of nitrogens with one attached hydrogen (secondary N) is 1. The number of thiophene rings is 1. The first-order valence-electron chi connectivity index (χ1n) is 7.07. The summed E-state index contributed by atoms with van der Waals surface area (Å²) in [6.45, 7) is 5.87. The Labute approximate surface area is 144 Å². The van der Waals surface area contributed by atoms with Gasteiger partial charge in [-0.05, 0) is 31.2 Å². The summed E-state index contributed by atoms with van der Waals surface area (Å²) in [6, 6.07) is 11.3. The van der Waals surface area contributed by atoms with Crippen LogP contribution in [-0.4, -0.2) is 19.2 Å². The zero-order valence-corrected chi connectivity index (χ0v) is 14.8. The molecule has 0 atom stereocenters. The standard InChI is InChI=1S/C17H15N3O2S2/c1-11(2)20-10-15(17-7-5-13(9-18)23-17)14-6-4-12(8-16(14)20)19-24(3,21)22/h4-8,10,19H,1H2,2-3H3. The summed E-state index contributed by atoms with van der Waals surface area (Å²) < 4.78 is 27.3. The summed E-state index contributed by atoms with van der Waals surface area (Å²) >= 11 is 1.42. The number of aromatic nitrogens is 1. The van der Waals surface area contributed by atoms with Gasteiger partial charge in [0.1, 0.15) is 10.9 Å². The van der Waals surface area contributed by atoms with Gasteiger partial charge in [-0.3, -0.25) is 4.72 Å². The molecule has 0 aliphatic carbocycles. The summed E-state index contributed by atoms with van der Waals surface area (Å²) in [5.74, 6) is 0. The second-order valence-corrected chi connectivity index (χ2v) is 8.36. The molecule has 1 aromatic carbocycles. The summed E-state index contributed by atoms with van der Waals surface area (Å²) in [7, 11) is -3.34. The highest BCUT2D eigenvalue weighted by atomic mass is 32.2. The lowest BCUT2D eigenvalue weighted by Crippen LogP contribution is -2.09. The third-order valence-corrected chi connectivity index (χ3v) is 5.13. The van der Waals surface area contributed by atoms with Gasteiger partial charge in [-0.25, -0.2) is 8.42 Å². The van der Waals surface area contributed by atoms with Crippen molar-refractivity contribution in [2.24, 2.45) is 0 Å². The Bertz CT molecular complexity index is 1100. The van der Waals surface area contributed by atoms with E-state index in [1.807, 2.05) is 29.8 Å². The molecule has 0 saturated carbocycles. The van der Waals surface area contributed by atoms with Crippen molar-refractivity contribution in [1.29, 1.82) is 5.26 Å². The zero-order chi connectivity index (χ0) is 17.5. The molecule has 0 aliphatic heterocycles. The minimum Gasteiger partial charge on any atom is -0.320 e. The average Bonchev–Trinajstić information content (AvgIpc) is 3.08. The van der Waals surface area contributed by atoms with E-state index in [9.17, 15) is 8.42 Å². The molecule has 3 aromatic rings. The third-order valence-electron chi connectivity index (χ3n) is 3.50. The predicted molar refractivity (Wildman–Crippen MR) is 99.4 cm³/mol. The van der Waals surface area contributed by atoms with Crippen molar-refractivity contribution in [2.75, 3.05) is 11.0 Å². The van der Waals surface area contributed by atoms with E-state index in [4.69, 9.17) is 5.26 Å². The molecule has 0 spiro atoms. The first-order chi connectivity index (χ1) is 11.3. The van der Waals surface area contributed by atoms with Crippen molar-refractivity contribution in [3.8, 4) is 16.5 Å². The van der Waals surface area contributed by atoms with Gasteiger partial charge in [-0.15, -0.1) is 11.3 Å². The number of nitriles is 1. The molecule has 0 aliphatic rings. The molecule has 2 heterocycles. The highest BCUT2D eigenvalue weighted by Crippen LogP contribution is 2.37. The molecule has 0 fully saturated rings. The lowest BCUT2D eigenvalue weighted by molar-refractivity contribution is 0.607. The van der Waals surface area contributed by atoms with Crippen molar-refractivity contribution >= 4 is 43.6 Å².